The van der Waals surface area contributed by atoms with Crippen molar-refractivity contribution in [2.75, 3.05) is 10.6 Å². The summed E-state index contributed by atoms with van der Waals surface area (Å²) in [5, 5.41) is 12.0. The van der Waals surface area contributed by atoms with Crippen LogP contribution in [0.15, 0.2) is 109 Å². The van der Waals surface area contributed by atoms with Crippen LogP contribution in [0.25, 0.3) is 11.1 Å². The van der Waals surface area contributed by atoms with E-state index < -0.39 is 0 Å². The predicted octanol–water partition coefficient (Wildman–Crippen LogP) is 5.61. The van der Waals surface area contributed by atoms with Gasteiger partial charge < -0.3 is 10.6 Å². The van der Waals surface area contributed by atoms with Crippen LogP contribution in [-0.4, -0.2) is 22.0 Å². The third-order valence-electron chi connectivity index (χ3n) is 5.17. The quantitative estimate of drug-likeness (QED) is 0.262. The molecule has 4 aromatic rings. The largest absolute Gasteiger partial charge is 0.332 e. The fourth-order valence-electron chi connectivity index (χ4n) is 3.49. The van der Waals surface area contributed by atoms with E-state index in [0.29, 0.717) is 22.5 Å². The first kappa shape index (κ1) is 24.7. The van der Waals surface area contributed by atoms with Gasteiger partial charge >= 0.3 is 0 Å². The summed E-state index contributed by atoms with van der Waals surface area (Å²) >= 11 is 10.8. The second-order valence-electron chi connectivity index (χ2n) is 7.64. The SMILES string of the molecule is O=C(NC(=S)Nc1ccccc1-c1ccccc1NC(=S)NC(=O)c1ccccc1)c1ccccc1. The highest BCUT2D eigenvalue weighted by atomic mass is 32.1. The van der Waals surface area contributed by atoms with Crippen molar-refractivity contribution in [1.29, 1.82) is 0 Å². The van der Waals surface area contributed by atoms with Gasteiger partial charge in [0.15, 0.2) is 10.2 Å². The van der Waals surface area contributed by atoms with E-state index in [2.05, 4.69) is 21.3 Å². The summed E-state index contributed by atoms with van der Waals surface area (Å²) < 4.78 is 0. The van der Waals surface area contributed by atoms with Gasteiger partial charge in [0.2, 0.25) is 0 Å². The molecule has 0 heterocycles. The number of carbonyl (C=O) groups is 2. The molecule has 0 aliphatic rings. The summed E-state index contributed by atoms with van der Waals surface area (Å²) in [6.07, 6.45) is 0. The Labute approximate surface area is 219 Å². The predicted molar refractivity (Wildman–Crippen MR) is 152 cm³/mol. The van der Waals surface area contributed by atoms with Crippen molar-refractivity contribution in [1.82, 2.24) is 10.6 Å². The summed E-state index contributed by atoms with van der Waals surface area (Å²) in [6, 6.07) is 32.8. The van der Waals surface area contributed by atoms with Crippen LogP contribution in [0.3, 0.4) is 0 Å². The lowest BCUT2D eigenvalue weighted by atomic mass is 10.0. The molecular formula is C28H22N4O2S2. The summed E-state index contributed by atoms with van der Waals surface area (Å²) in [5.41, 5.74) is 4.07. The molecule has 6 nitrogen and oxygen atoms in total. The molecule has 0 fully saturated rings. The number of amides is 2. The standard InChI is InChI=1S/C28H22N4O2S2/c33-25(19-11-3-1-4-12-19)31-27(35)29-23-17-9-7-15-21(23)22-16-8-10-18-24(22)30-28(36)32-26(34)20-13-5-2-6-14-20/h1-18H,(H2,29,31,33,35)(H2,30,32,34,36). The van der Waals surface area contributed by atoms with Gasteiger partial charge in [-0.25, -0.2) is 0 Å². The van der Waals surface area contributed by atoms with Crippen molar-refractivity contribution in [3.63, 3.8) is 0 Å². The van der Waals surface area contributed by atoms with Gasteiger partial charge in [0.05, 0.1) is 0 Å². The topological polar surface area (TPSA) is 82.3 Å². The van der Waals surface area contributed by atoms with Gasteiger partial charge in [-0.05, 0) is 60.8 Å². The van der Waals surface area contributed by atoms with Crippen LogP contribution in [-0.2, 0) is 0 Å². The molecule has 8 heteroatoms. The summed E-state index contributed by atoms with van der Waals surface area (Å²) in [5.74, 6) is -0.598. The van der Waals surface area contributed by atoms with E-state index >= 15 is 0 Å². The maximum atomic E-state index is 12.5. The summed E-state index contributed by atoms with van der Waals surface area (Å²) in [4.78, 5) is 24.9. The van der Waals surface area contributed by atoms with Gasteiger partial charge in [-0.1, -0.05) is 72.8 Å². The molecule has 0 spiro atoms. The molecule has 0 aliphatic carbocycles. The van der Waals surface area contributed by atoms with E-state index in [4.69, 9.17) is 24.4 Å². The van der Waals surface area contributed by atoms with Crippen molar-refractivity contribution in [3.05, 3.63) is 120 Å². The van der Waals surface area contributed by atoms with Gasteiger partial charge in [-0.3, -0.25) is 20.2 Å². The van der Waals surface area contributed by atoms with E-state index in [1.165, 1.54) is 0 Å². The molecular weight excluding hydrogens is 488 g/mol. The number of nitrogens with one attached hydrogen (secondary N) is 4. The molecule has 36 heavy (non-hydrogen) atoms. The Bertz CT molecular complexity index is 1300. The fraction of sp³-hybridized carbons (Fsp3) is 0. The highest BCUT2D eigenvalue weighted by Crippen LogP contribution is 2.33. The van der Waals surface area contributed by atoms with E-state index in [1.807, 2.05) is 60.7 Å². The van der Waals surface area contributed by atoms with E-state index in [9.17, 15) is 9.59 Å². The fourth-order valence-corrected chi connectivity index (χ4v) is 3.90. The highest BCUT2D eigenvalue weighted by Gasteiger charge is 2.14. The molecule has 4 N–H and O–H groups in total. The number of carbonyl (C=O) groups excluding carboxylic acids is 2. The molecule has 0 saturated heterocycles. The van der Waals surface area contributed by atoms with Crippen LogP contribution in [0.1, 0.15) is 20.7 Å². The molecule has 0 aliphatic heterocycles. The zero-order valence-corrected chi connectivity index (χ0v) is 20.7. The molecule has 178 valence electrons. The van der Waals surface area contributed by atoms with Crippen molar-refractivity contribution >= 4 is 57.8 Å². The second kappa shape index (κ2) is 11.8. The third kappa shape index (κ3) is 6.38. The Balaban J connectivity index is 1.50. The molecule has 0 atom stereocenters. The lowest BCUT2D eigenvalue weighted by Gasteiger charge is -2.17. The summed E-state index contributed by atoms with van der Waals surface area (Å²) in [7, 11) is 0. The first-order valence-corrected chi connectivity index (χ1v) is 11.9. The Morgan fingerprint density at radius 3 is 1.19 bits per heavy atom. The second-order valence-corrected chi connectivity index (χ2v) is 8.46. The Morgan fingerprint density at radius 2 is 0.806 bits per heavy atom. The van der Waals surface area contributed by atoms with Gasteiger partial charge in [-0.15, -0.1) is 0 Å². The van der Waals surface area contributed by atoms with E-state index in [0.717, 1.165) is 11.1 Å². The minimum atomic E-state index is -0.299. The number of benzene rings is 4. The van der Waals surface area contributed by atoms with Crippen LogP contribution in [0.5, 0.6) is 0 Å². The number of thiocarbonyl (C=S) groups is 2. The molecule has 0 saturated carbocycles. The minimum Gasteiger partial charge on any atom is -0.332 e. The zero-order chi connectivity index (χ0) is 25.3. The van der Waals surface area contributed by atoms with Crippen molar-refractivity contribution in [2.45, 2.75) is 0 Å². The molecule has 0 bridgehead atoms. The van der Waals surface area contributed by atoms with Crippen molar-refractivity contribution < 1.29 is 9.59 Å². The van der Waals surface area contributed by atoms with Crippen LogP contribution >= 0.6 is 24.4 Å². The number of rotatable bonds is 5. The maximum absolute atomic E-state index is 12.5. The molecule has 0 radical (unpaired) electrons. The Hall–Kier alpha value is -4.40. The van der Waals surface area contributed by atoms with Crippen molar-refractivity contribution in [3.8, 4) is 11.1 Å². The lowest BCUT2D eigenvalue weighted by Crippen LogP contribution is -2.34. The number of anilines is 2. The number of hydrogen-bond acceptors (Lipinski definition) is 4. The average Bonchev–Trinajstić information content (AvgIpc) is 2.90. The zero-order valence-electron chi connectivity index (χ0n) is 19.0. The molecule has 4 rings (SSSR count). The molecule has 2 amide bonds. The monoisotopic (exact) mass is 510 g/mol. The molecule has 4 aromatic carbocycles. The maximum Gasteiger partial charge on any atom is 0.257 e. The van der Waals surface area contributed by atoms with E-state index in [1.54, 1.807) is 48.5 Å². The number of hydrogen-bond donors (Lipinski definition) is 4. The van der Waals surface area contributed by atoms with Gasteiger partial charge in [0.25, 0.3) is 11.8 Å². The van der Waals surface area contributed by atoms with E-state index in [-0.39, 0.29) is 22.0 Å². The van der Waals surface area contributed by atoms with Gasteiger partial charge in [0.1, 0.15) is 0 Å². The first-order chi connectivity index (χ1) is 17.5. The van der Waals surface area contributed by atoms with Crippen molar-refractivity contribution in [2.24, 2.45) is 0 Å². The van der Waals surface area contributed by atoms with Crippen LogP contribution in [0, 0.1) is 0 Å². The van der Waals surface area contributed by atoms with Gasteiger partial charge in [0, 0.05) is 33.6 Å². The number of para-hydroxylation sites is 2. The van der Waals surface area contributed by atoms with Crippen LogP contribution in [0.4, 0.5) is 11.4 Å². The Kier molecular flexibility index (Phi) is 8.12. The Morgan fingerprint density at radius 1 is 0.472 bits per heavy atom. The normalized spacial score (nSPS) is 10.1. The van der Waals surface area contributed by atoms with Gasteiger partial charge in [-0.2, -0.15) is 0 Å². The third-order valence-corrected chi connectivity index (χ3v) is 5.58. The average molecular weight is 511 g/mol. The summed E-state index contributed by atoms with van der Waals surface area (Å²) in [6.45, 7) is 0. The van der Waals surface area contributed by atoms with Crippen LogP contribution < -0.4 is 21.3 Å². The first-order valence-electron chi connectivity index (χ1n) is 11.0. The highest BCUT2D eigenvalue weighted by molar-refractivity contribution is 7.80. The smallest absolute Gasteiger partial charge is 0.257 e. The molecule has 0 unspecified atom stereocenters. The lowest BCUT2D eigenvalue weighted by molar-refractivity contribution is 0.0969. The molecule has 0 aromatic heterocycles. The minimum absolute atomic E-state index is 0.174. The van der Waals surface area contributed by atoms with Crippen LogP contribution in [0.2, 0.25) is 0 Å².